The predicted molar refractivity (Wildman–Crippen MR) is 104 cm³/mol. The zero-order valence-electron chi connectivity index (χ0n) is 15.6. The van der Waals surface area contributed by atoms with Crippen molar-refractivity contribution in [1.29, 1.82) is 5.26 Å². The van der Waals surface area contributed by atoms with E-state index < -0.39 is 11.8 Å². The number of hydrogen-bond acceptors (Lipinski definition) is 4. The summed E-state index contributed by atoms with van der Waals surface area (Å²) < 4.78 is 20.5. The summed E-state index contributed by atoms with van der Waals surface area (Å²) in [6, 6.07) is 11.7. The van der Waals surface area contributed by atoms with Crippen molar-refractivity contribution in [1.82, 2.24) is 9.78 Å². The number of halogens is 2. The highest BCUT2D eigenvalue weighted by Crippen LogP contribution is 2.30. The Balaban J connectivity index is 1.95. The summed E-state index contributed by atoms with van der Waals surface area (Å²) in [5, 5.41) is 14.0. The first-order valence-electron chi connectivity index (χ1n) is 8.46. The number of aryl methyl sites for hydroxylation is 1. The average molecular weight is 398 g/mol. The van der Waals surface area contributed by atoms with Gasteiger partial charge in [-0.05, 0) is 49.2 Å². The van der Waals surface area contributed by atoms with Crippen LogP contribution in [-0.4, -0.2) is 22.9 Å². The minimum Gasteiger partial charge on any atom is -0.465 e. The first-order valence-corrected chi connectivity index (χ1v) is 8.84. The van der Waals surface area contributed by atoms with Crippen LogP contribution in [0.15, 0.2) is 36.4 Å². The number of nitriles is 1. The summed E-state index contributed by atoms with van der Waals surface area (Å²) in [5.74, 6) is -1.35. The SMILES string of the molecule is COC(=O)c1ccc(Cn2nc(C)c(-c3ccc(C#N)c(Cl)c3)c2C)cc1F. The van der Waals surface area contributed by atoms with Crippen LogP contribution in [0.25, 0.3) is 11.1 Å². The number of nitrogens with zero attached hydrogens (tertiary/aromatic N) is 3. The van der Waals surface area contributed by atoms with E-state index in [1.807, 2.05) is 26.0 Å². The first kappa shape index (κ1) is 19.6. The van der Waals surface area contributed by atoms with Gasteiger partial charge in [0.25, 0.3) is 0 Å². The van der Waals surface area contributed by atoms with E-state index in [-0.39, 0.29) is 5.56 Å². The van der Waals surface area contributed by atoms with Crippen LogP contribution in [0.1, 0.15) is 32.9 Å². The van der Waals surface area contributed by atoms with E-state index in [4.69, 9.17) is 16.9 Å². The summed E-state index contributed by atoms with van der Waals surface area (Å²) in [5.41, 5.74) is 4.43. The highest BCUT2D eigenvalue weighted by atomic mass is 35.5. The van der Waals surface area contributed by atoms with Gasteiger partial charge in [0.1, 0.15) is 11.9 Å². The Bertz CT molecular complexity index is 1120. The first-order chi connectivity index (χ1) is 13.3. The molecule has 0 atom stereocenters. The lowest BCUT2D eigenvalue weighted by molar-refractivity contribution is 0.0595. The van der Waals surface area contributed by atoms with Crippen molar-refractivity contribution >= 4 is 17.6 Å². The Morgan fingerprint density at radius 1 is 1.29 bits per heavy atom. The second-order valence-corrected chi connectivity index (χ2v) is 6.72. The highest BCUT2D eigenvalue weighted by molar-refractivity contribution is 6.32. The molecule has 1 heterocycles. The molecular formula is C21H17ClFN3O2. The van der Waals surface area contributed by atoms with Gasteiger partial charge in [-0.1, -0.05) is 23.7 Å². The number of rotatable bonds is 4. The van der Waals surface area contributed by atoms with Gasteiger partial charge in [0.15, 0.2) is 0 Å². The normalized spacial score (nSPS) is 10.6. The molecule has 0 unspecified atom stereocenters. The molecule has 0 spiro atoms. The van der Waals surface area contributed by atoms with Crippen LogP contribution in [0.5, 0.6) is 0 Å². The molecule has 5 nitrogen and oxygen atoms in total. The Morgan fingerprint density at radius 3 is 2.64 bits per heavy atom. The Kier molecular flexibility index (Phi) is 5.48. The molecule has 0 aliphatic carbocycles. The number of carbonyl (C=O) groups is 1. The maximum absolute atomic E-state index is 14.2. The molecule has 142 valence electrons. The van der Waals surface area contributed by atoms with Crippen LogP contribution in [-0.2, 0) is 11.3 Å². The van der Waals surface area contributed by atoms with Crippen molar-refractivity contribution in [3.8, 4) is 17.2 Å². The van der Waals surface area contributed by atoms with Crippen molar-refractivity contribution < 1.29 is 13.9 Å². The van der Waals surface area contributed by atoms with E-state index in [0.717, 1.165) is 22.5 Å². The number of carbonyl (C=O) groups excluding carboxylic acids is 1. The third kappa shape index (κ3) is 3.62. The van der Waals surface area contributed by atoms with E-state index in [1.165, 1.54) is 19.2 Å². The average Bonchev–Trinajstić information content (AvgIpc) is 2.94. The van der Waals surface area contributed by atoms with Crippen LogP contribution >= 0.6 is 11.6 Å². The monoisotopic (exact) mass is 397 g/mol. The van der Waals surface area contributed by atoms with Crippen molar-refractivity contribution in [3.05, 3.63) is 75.3 Å². The molecule has 0 amide bonds. The molecule has 1 aromatic heterocycles. The standard InChI is InChI=1S/C21H17ClFN3O2/c1-12-20(15-5-6-16(10-24)18(22)9-15)13(2)26(25-12)11-14-4-7-17(19(23)8-14)21(27)28-3/h4-9H,11H2,1-3H3. The van der Waals surface area contributed by atoms with E-state index in [9.17, 15) is 9.18 Å². The molecular weight excluding hydrogens is 381 g/mol. The Hall–Kier alpha value is -3.17. The minimum absolute atomic E-state index is 0.104. The van der Waals surface area contributed by atoms with E-state index in [2.05, 4.69) is 9.84 Å². The van der Waals surface area contributed by atoms with Crippen molar-refractivity contribution in [2.75, 3.05) is 7.11 Å². The Labute approximate surface area is 166 Å². The number of esters is 1. The Morgan fingerprint density at radius 2 is 2.04 bits per heavy atom. The van der Waals surface area contributed by atoms with Crippen LogP contribution in [0.2, 0.25) is 5.02 Å². The highest BCUT2D eigenvalue weighted by Gasteiger charge is 2.17. The van der Waals surface area contributed by atoms with Gasteiger partial charge >= 0.3 is 5.97 Å². The van der Waals surface area contributed by atoms with E-state index in [1.54, 1.807) is 22.9 Å². The minimum atomic E-state index is -0.713. The van der Waals surface area contributed by atoms with Gasteiger partial charge in [0, 0.05) is 11.3 Å². The fourth-order valence-corrected chi connectivity index (χ4v) is 3.36. The van der Waals surface area contributed by atoms with E-state index in [0.29, 0.717) is 22.7 Å². The molecule has 7 heteroatoms. The second kappa shape index (κ2) is 7.83. The van der Waals surface area contributed by atoms with E-state index >= 15 is 0 Å². The van der Waals surface area contributed by atoms with Gasteiger partial charge < -0.3 is 4.74 Å². The third-order valence-electron chi connectivity index (χ3n) is 4.53. The third-order valence-corrected chi connectivity index (χ3v) is 4.84. The largest absolute Gasteiger partial charge is 0.465 e. The number of benzene rings is 2. The fraction of sp³-hybridized carbons (Fsp3) is 0.190. The lowest BCUT2D eigenvalue weighted by Crippen LogP contribution is -2.08. The predicted octanol–water partition coefficient (Wildman–Crippen LogP) is 4.67. The molecule has 0 saturated heterocycles. The van der Waals surface area contributed by atoms with Crippen LogP contribution in [0.4, 0.5) is 4.39 Å². The molecule has 0 aliphatic heterocycles. The molecule has 0 radical (unpaired) electrons. The molecule has 2 aromatic carbocycles. The number of methoxy groups -OCH3 is 1. The summed E-state index contributed by atoms with van der Waals surface area (Å²) in [6.07, 6.45) is 0. The molecule has 28 heavy (non-hydrogen) atoms. The zero-order valence-corrected chi connectivity index (χ0v) is 16.3. The lowest BCUT2D eigenvalue weighted by Gasteiger charge is -2.08. The number of hydrogen-bond donors (Lipinski definition) is 0. The molecule has 0 aliphatic rings. The van der Waals surface area contributed by atoms with Gasteiger partial charge in [-0.25, -0.2) is 9.18 Å². The van der Waals surface area contributed by atoms with Gasteiger partial charge in [-0.15, -0.1) is 0 Å². The number of ether oxygens (including phenoxy) is 1. The van der Waals surface area contributed by atoms with Crippen LogP contribution < -0.4 is 0 Å². The van der Waals surface area contributed by atoms with Crippen LogP contribution in [0.3, 0.4) is 0 Å². The lowest BCUT2D eigenvalue weighted by atomic mass is 10.0. The molecule has 0 fully saturated rings. The summed E-state index contributed by atoms with van der Waals surface area (Å²) in [7, 11) is 1.21. The molecule has 0 bridgehead atoms. The quantitative estimate of drug-likeness (QED) is 0.600. The second-order valence-electron chi connectivity index (χ2n) is 6.32. The smallest absolute Gasteiger partial charge is 0.340 e. The molecule has 3 rings (SSSR count). The summed E-state index contributed by atoms with van der Waals surface area (Å²) in [6.45, 7) is 4.14. The van der Waals surface area contributed by atoms with Crippen LogP contribution in [0, 0.1) is 31.0 Å². The zero-order chi connectivity index (χ0) is 20.4. The summed E-state index contributed by atoms with van der Waals surface area (Å²) >= 11 is 6.16. The maximum Gasteiger partial charge on any atom is 0.340 e. The fourth-order valence-electron chi connectivity index (χ4n) is 3.14. The number of aromatic nitrogens is 2. The maximum atomic E-state index is 14.2. The van der Waals surface area contributed by atoms with Gasteiger partial charge in [0.2, 0.25) is 0 Å². The molecule has 0 saturated carbocycles. The topological polar surface area (TPSA) is 67.9 Å². The molecule has 3 aromatic rings. The van der Waals surface area contributed by atoms with Gasteiger partial charge in [-0.3, -0.25) is 4.68 Å². The molecule has 0 N–H and O–H groups in total. The van der Waals surface area contributed by atoms with Crippen molar-refractivity contribution in [3.63, 3.8) is 0 Å². The van der Waals surface area contributed by atoms with Gasteiger partial charge in [0.05, 0.1) is 35.5 Å². The van der Waals surface area contributed by atoms with Crippen molar-refractivity contribution in [2.24, 2.45) is 0 Å². The summed E-state index contributed by atoms with van der Waals surface area (Å²) in [4.78, 5) is 11.5. The van der Waals surface area contributed by atoms with Gasteiger partial charge in [-0.2, -0.15) is 10.4 Å². The van der Waals surface area contributed by atoms with Crippen molar-refractivity contribution in [2.45, 2.75) is 20.4 Å².